The Kier molecular flexibility index (Phi) is 5.19. The molecule has 0 aliphatic heterocycles. The lowest BCUT2D eigenvalue weighted by Gasteiger charge is -2.25. The highest BCUT2D eigenvalue weighted by molar-refractivity contribution is 6.30. The van der Waals surface area contributed by atoms with Gasteiger partial charge in [-0.25, -0.2) is 0 Å². The van der Waals surface area contributed by atoms with E-state index in [1.165, 1.54) is 13.0 Å². The van der Waals surface area contributed by atoms with E-state index < -0.39 is 17.6 Å². The third-order valence-corrected chi connectivity index (χ3v) is 3.75. The van der Waals surface area contributed by atoms with Gasteiger partial charge in [-0.15, -0.1) is 0 Å². The first-order valence-electron chi connectivity index (χ1n) is 7.12. The van der Waals surface area contributed by atoms with Gasteiger partial charge >= 0.3 is 6.18 Å². The number of halogens is 4. The average molecular weight is 349 g/mol. The number of rotatable bonds is 5. The van der Waals surface area contributed by atoms with E-state index in [4.69, 9.17) is 11.6 Å². The van der Waals surface area contributed by atoms with E-state index in [1.54, 1.807) is 0 Å². The third kappa shape index (κ3) is 4.60. The van der Waals surface area contributed by atoms with Crippen LogP contribution in [0.25, 0.3) is 0 Å². The normalized spacial score (nSPS) is 14.5. The number of hydrogen-bond acceptors (Lipinski definition) is 2. The van der Waals surface area contributed by atoms with E-state index in [0.29, 0.717) is 0 Å². The van der Waals surface area contributed by atoms with Crippen LogP contribution in [0.15, 0.2) is 18.2 Å². The SMILES string of the molecule is CC(=O)N(CCNC(=O)C1CC1)c1ccc(Cl)cc1C(F)(F)F. The molecule has 2 rings (SSSR count). The van der Waals surface area contributed by atoms with Crippen molar-refractivity contribution < 1.29 is 22.8 Å². The summed E-state index contributed by atoms with van der Waals surface area (Å²) >= 11 is 5.63. The summed E-state index contributed by atoms with van der Waals surface area (Å²) in [6.45, 7) is 1.23. The topological polar surface area (TPSA) is 49.4 Å². The first-order chi connectivity index (χ1) is 10.7. The van der Waals surface area contributed by atoms with Crippen molar-refractivity contribution in [2.45, 2.75) is 25.9 Å². The predicted octanol–water partition coefficient (Wildman–Crippen LogP) is 3.24. The van der Waals surface area contributed by atoms with Crippen molar-refractivity contribution >= 4 is 29.1 Å². The lowest BCUT2D eigenvalue weighted by Crippen LogP contribution is -2.39. The monoisotopic (exact) mass is 348 g/mol. The van der Waals surface area contributed by atoms with Gasteiger partial charge in [0.05, 0.1) is 11.3 Å². The Labute approximate surface area is 136 Å². The van der Waals surface area contributed by atoms with Crippen molar-refractivity contribution in [1.29, 1.82) is 0 Å². The van der Waals surface area contributed by atoms with Gasteiger partial charge in [0.25, 0.3) is 0 Å². The maximum Gasteiger partial charge on any atom is 0.418 e. The number of hydrogen-bond donors (Lipinski definition) is 1. The molecular weight excluding hydrogens is 333 g/mol. The number of nitrogens with zero attached hydrogens (tertiary/aromatic N) is 1. The Bertz CT molecular complexity index is 615. The van der Waals surface area contributed by atoms with Gasteiger partial charge in [-0.1, -0.05) is 11.6 Å². The summed E-state index contributed by atoms with van der Waals surface area (Å²) in [4.78, 5) is 24.3. The van der Waals surface area contributed by atoms with Crippen LogP contribution in [0.5, 0.6) is 0 Å². The number of amides is 2. The zero-order valence-corrected chi connectivity index (χ0v) is 13.2. The van der Waals surface area contributed by atoms with E-state index in [9.17, 15) is 22.8 Å². The second-order valence-electron chi connectivity index (χ2n) is 5.40. The van der Waals surface area contributed by atoms with Crippen LogP contribution in [0.1, 0.15) is 25.3 Å². The fourth-order valence-electron chi connectivity index (χ4n) is 2.20. The van der Waals surface area contributed by atoms with E-state index in [0.717, 1.165) is 29.9 Å². The summed E-state index contributed by atoms with van der Waals surface area (Å²) in [7, 11) is 0. The van der Waals surface area contributed by atoms with E-state index in [2.05, 4.69) is 5.32 Å². The molecule has 0 spiro atoms. The number of benzene rings is 1. The standard InChI is InChI=1S/C15H16ClF3N2O2/c1-9(22)21(7-6-20-14(23)10-2-3-10)13-5-4-11(16)8-12(13)15(17,18)19/h4-5,8,10H,2-3,6-7H2,1H3,(H,20,23). The molecule has 0 unspecified atom stereocenters. The van der Waals surface area contributed by atoms with Crippen molar-refractivity contribution in [3.63, 3.8) is 0 Å². The molecule has 1 aliphatic rings. The van der Waals surface area contributed by atoms with Gasteiger partial charge in [0, 0.05) is 31.0 Å². The van der Waals surface area contributed by atoms with Gasteiger partial charge in [-0.05, 0) is 31.0 Å². The number of anilines is 1. The van der Waals surface area contributed by atoms with Crippen molar-refractivity contribution in [3.8, 4) is 0 Å². The molecule has 23 heavy (non-hydrogen) atoms. The van der Waals surface area contributed by atoms with Gasteiger partial charge in [-0.3, -0.25) is 9.59 Å². The summed E-state index contributed by atoms with van der Waals surface area (Å²) in [6.07, 6.45) is -2.97. The summed E-state index contributed by atoms with van der Waals surface area (Å²) in [5.74, 6) is -0.666. The van der Waals surface area contributed by atoms with Gasteiger partial charge in [0.2, 0.25) is 11.8 Å². The zero-order valence-electron chi connectivity index (χ0n) is 12.4. The number of nitrogens with one attached hydrogen (secondary N) is 1. The number of alkyl halides is 3. The van der Waals surface area contributed by atoms with Gasteiger partial charge in [0.1, 0.15) is 0 Å². The van der Waals surface area contributed by atoms with Crippen molar-refractivity contribution in [2.24, 2.45) is 5.92 Å². The van der Waals surface area contributed by atoms with Crippen LogP contribution >= 0.6 is 11.6 Å². The molecule has 0 atom stereocenters. The maximum atomic E-state index is 13.2. The molecule has 0 aromatic heterocycles. The fourth-order valence-corrected chi connectivity index (χ4v) is 2.37. The average Bonchev–Trinajstić information content (AvgIpc) is 3.27. The molecule has 2 amide bonds. The Balaban J connectivity index is 2.16. The molecule has 1 fully saturated rings. The number of carbonyl (C=O) groups is 2. The van der Waals surface area contributed by atoms with Crippen LogP contribution in [-0.4, -0.2) is 24.9 Å². The lowest BCUT2D eigenvalue weighted by atomic mass is 10.1. The molecule has 1 aliphatic carbocycles. The van der Waals surface area contributed by atoms with Crippen LogP contribution in [0.3, 0.4) is 0 Å². The van der Waals surface area contributed by atoms with Gasteiger partial charge in [0.15, 0.2) is 0 Å². The molecule has 1 saturated carbocycles. The third-order valence-electron chi connectivity index (χ3n) is 3.52. The predicted molar refractivity (Wildman–Crippen MR) is 80.2 cm³/mol. The fraction of sp³-hybridized carbons (Fsp3) is 0.467. The first-order valence-corrected chi connectivity index (χ1v) is 7.50. The number of carbonyl (C=O) groups excluding carboxylic acids is 2. The minimum absolute atomic E-state index is 0.00189. The Morgan fingerprint density at radius 2 is 2.00 bits per heavy atom. The van der Waals surface area contributed by atoms with Crippen LogP contribution in [0, 0.1) is 5.92 Å². The Morgan fingerprint density at radius 1 is 1.35 bits per heavy atom. The molecule has 1 aromatic carbocycles. The highest BCUT2D eigenvalue weighted by Crippen LogP contribution is 2.38. The highest BCUT2D eigenvalue weighted by atomic mass is 35.5. The quantitative estimate of drug-likeness (QED) is 0.888. The van der Waals surface area contributed by atoms with E-state index >= 15 is 0 Å². The van der Waals surface area contributed by atoms with Crippen molar-refractivity contribution in [1.82, 2.24) is 5.32 Å². The van der Waals surface area contributed by atoms with Gasteiger partial charge < -0.3 is 10.2 Å². The van der Waals surface area contributed by atoms with E-state index in [1.807, 2.05) is 0 Å². The highest BCUT2D eigenvalue weighted by Gasteiger charge is 2.36. The van der Waals surface area contributed by atoms with Crippen molar-refractivity contribution in [2.75, 3.05) is 18.0 Å². The zero-order chi connectivity index (χ0) is 17.2. The second kappa shape index (κ2) is 6.78. The molecule has 0 heterocycles. The molecule has 0 radical (unpaired) electrons. The van der Waals surface area contributed by atoms with E-state index in [-0.39, 0.29) is 35.6 Å². The summed E-state index contributed by atoms with van der Waals surface area (Å²) in [5, 5.41) is 2.57. The minimum Gasteiger partial charge on any atom is -0.354 e. The molecule has 0 saturated heterocycles. The molecule has 1 N–H and O–H groups in total. The van der Waals surface area contributed by atoms with Crippen LogP contribution in [0.4, 0.5) is 18.9 Å². The largest absolute Gasteiger partial charge is 0.418 e. The minimum atomic E-state index is -4.63. The molecule has 126 valence electrons. The van der Waals surface area contributed by atoms with Crippen LogP contribution < -0.4 is 10.2 Å². The molecular formula is C15H16ClF3N2O2. The summed E-state index contributed by atoms with van der Waals surface area (Å²) < 4.78 is 39.5. The van der Waals surface area contributed by atoms with Crippen LogP contribution in [-0.2, 0) is 15.8 Å². The second-order valence-corrected chi connectivity index (χ2v) is 5.83. The van der Waals surface area contributed by atoms with Gasteiger partial charge in [-0.2, -0.15) is 13.2 Å². The Hall–Kier alpha value is -1.76. The van der Waals surface area contributed by atoms with Crippen molar-refractivity contribution in [3.05, 3.63) is 28.8 Å². The maximum absolute atomic E-state index is 13.2. The molecule has 4 nitrogen and oxygen atoms in total. The first kappa shape index (κ1) is 17.6. The molecule has 0 bridgehead atoms. The lowest BCUT2D eigenvalue weighted by molar-refractivity contribution is -0.137. The summed E-state index contributed by atoms with van der Waals surface area (Å²) in [5.41, 5.74) is -1.25. The molecule has 8 heteroatoms. The molecule has 1 aromatic rings. The van der Waals surface area contributed by atoms with Crippen LogP contribution in [0.2, 0.25) is 5.02 Å². The Morgan fingerprint density at radius 3 is 2.52 bits per heavy atom. The smallest absolute Gasteiger partial charge is 0.354 e. The summed E-state index contributed by atoms with van der Waals surface area (Å²) in [6, 6.07) is 3.25.